The highest BCUT2D eigenvalue weighted by Gasteiger charge is 2.05. The van der Waals surface area contributed by atoms with Gasteiger partial charge in [0.05, 0.1) is 0 Å². The maximum Gasteiger partial charge on any atom is 0.185 e. The SMILES string of the molecule is N#CCOc1ccc(C(=O)/C=C/c2ccccc2OCc2cccnc2)cc1. The van der Waals surface area contributed by atoms with Crippen molar-refractivity contribution in [2.45, 2.75) is 6.61 Å². The second-order valence-corrected chi connectivity index (χ2v) is 5.86. The van der Waals surface area contributed by atoms with Crippen LogP contribution in [0.2, 0.25) is 0 Å². The topological polar surface area (TPSA) is 72.2 Å². The molecule has 0 radical (unpaired) electrons. The number of carbonyl (C=O) groups is 1. The third-order valence-electron chi connectivity index (χ3n) is 3.89. The maximum absolute atomic E-state index is 12.4. The lowest BCUT2D eigenvalue weighted by Gasteiger charge is -2.09. The van der Waals surface area contributed by atoms with Crippen molar-refractivity contribution in [1.29, 1.82) is 5.26 Å². The van der Waals surface area contributed by atoms with Crippen LogP contribution in [0.25, 0.3) is 6.08 Å². The summed E-state index contributed by atoms with van der Waals surface area (Å²) in [5.41, 5.74) is 2.32. The largest absolute Gasteiger partial charge is 0.488 e. The molecule has 28 heavy (non-hydrogen) atoms. The molecule has 5 nitrogen and oxygen atoms in total. The van der Waals surface area contributed by atoms with Gasteiger partial charge < -0.3 is 9.47 Å². The molecule has 0 aliphatic heterocycles. The standard InChI is InChI=1S/C23H18N2O3/c24-13-15-27-21-10-7-19(8-11-21)22(26)12-9-20-5-1-2-6-23(20)28-17-18-4-3-14-25-16-18/h1-12,14,16H,15,17H2/b12-9+. The molecule has 0 N–H and O–H groups in total. The second kappa shape index (κ2) is 9.70. The number of allylic oxidation sites excluding steroid dienone is 1. The van der Waals surface area contributed by atoms with E-state index in [0.29, 0.717) is 23.7 Å². The highest BCUT2D eigenvalue weighted by molar-refractivity contribution is 6.07. The van der Waals surface area contributed by atoms with Crippen molar-refractivity contribution >= 4 is 11.9 Å². The molecule has 1 heterocycles. The lowest BCUT2D eigenvalue weighted by atomic mass is 10.1. The van der Waals surface area contributed by atoms with E-state index in [4.69, 9.17) is 14.7 Å². The average Bonchev–Trinajstić information content (AvgIpc) is 2.76. The summed E-state index contributed by atoms with van der Waals surface area (Å²) in [6.07, 6.45) is 6.72. The van der Waals surface area contributed by atoms with Crippen LogP contribution in [0.5, 0.6) is 11.5 Å². The Kier molecular flexibility index (Phi) is 6.53. The van der Waals surface area contributed by atoms with E-state index in [1.807, 2.05) is 42.5 Å². The van der Waals surface area contributed by atoms with Gasteiger partial charge >= 0.3 is 0 Å². The fraction of sp³-hybridized carbons (Fsp3) is 0.0870. The Morgan fingerprint density at radius 1 is 1.04 bits per heavy atom. The van der Waals surface area contributed by atoms with E-state index in [9.17, 15) is 4.79 Å². The summed E-state index contributed by atoms with van der Waals surface area (Å²) in [5, 5.41) is 8.52. The van der Waals surface area contributed by atoms with Gasteiger partial charge in [-0.15, -0.1) is 0 Å². The molecule has 0 fully saturated rings. The molecular weight excluding hydrogens is 352 g/mol. The number of para-hydroxylation sites is 1. The van der Waals surface area contributed by atoms with Gasteiger partial charge in [-0.25, -0.2) is 0 Å². The molecule has 5 heteroatoms. The van der Waals surface area contributed by atoms with Crippen molar-refractivity contribution < 1.29 is 14.3 Å². The van der Waals surface area contributed by atoms with E-state index >= 15 is 0 Å². The van der Waals surface area contributed by atoms with Crippen molar-refractivity contribution in [3.8, 4) is 17.6 Å². The summed E-state index contributed by atoms with van der Waals surface area (Å²) in [5.74, 6) is 1.11. The third kappa shape index (κ3) is 5.29. The molecule has 0 unspecified atom stereocenters. The number of rotatable bonds is 8. The highest BCUT2D eigenvalue weighted by atomic mass is 16.5. The first-order valence-corrected chi connectivity index (χ1v) is 8.69. The Morgan fingerprint density at radius 3 is 2.61 bits per heavy atom. The summed E-state index contributed by atoms with van der Waals surface area (Å²) < 4.78 is 11.1. The van der Waals surface area contributed by atoms with Crippen LogP contribution in [0.3, 0.4) is 0 Å². The summed E-state index contributed by atoms with van der Waals surface area (Å²) in [6.45, 7) is 0.375. The quantitative estimate of drug-likeness (QED) is 0.432. The fourth-order valence-corrected chi connectivity index (χ4v) is 2.49. The molecule has 0 bridgehead atoms. The minimum absolute atomic E-state index is 0.0248. The van der Waals surface area contributed by atoms with Gasteiger partial charge in [0.1, 0.15) is 24.2 Å². The number of ether oxygens (including phenoxy) is 2. The molecule has 0 aliphatic carbocycles. The smallest absolute Gasteiger partial charge is 0.185 e. The zero-order valence-electron chi connectivity index (χ0n) is 15.1. The predicted octanol–water partition coefficient (Wildman–Crippen LogP) is 4.46. The highest BCUT2D eigenvalue weighted by Crippen LogP contribution is 2.21. The van der Waals surface area contributed by atoms with Gasteiger partial charge in [0.2, 0.25) is 0 Å². The molecule has 1 aromatic heterocycles. The van der Waals surface area contributed by atoms with Gasteiger partial charge in [-0.05, 0) is 48.6 Å². The molecule has 0 aliphatic rings. The third-order valence-corrected chi connectivity index (χ3v) is 3.89. The molecular formula is C23H18N2O3. The van der Waals surface area contributed by atoms with Gasteiger partial charge in [-0.3, -0.25) is 9.78 Å². The molecule has 3 rings (SSSR count). The number of pyridine rings is 1. The lowest BCUT2D eigenvalue weighted by Crippen LogP contribution is -1.98. The van der Waals surface area contributed by atoms with Crippen LogP contribution in [0.15, 0.2) is 79.1 Å². The van der Waals surface area contributed by atoms with Gasteiger partial charge in [-0.2, -0.15) is 5.26 Å². The molecule has 3 aromatic rings. The van der Waals surface area contributed by atoms with E-state index in [0.717, 1.165) is 11.1 Å². The first-order chi connectivity index (χ1) is 13.8. The Balaban J connectivity index is 1.66. The van der Waals surface area contributed by atoms with Crippen LogP contribution >= 0.6 is 0 Å². The number of nitrogens with zero attached hydrogens (tertiary/aromatic N) is 2. The minimum Gasteiger partial charge on any atom is -0.488 e. The zero-order valence-corrected chi connectivity index (χ0v) is 15.1. The summed E-state index contributed by atoms with van der Waals surface area (Å²) in [4.78, 5) is 16.5. The number of ketones is 1. The summed E-state index contributed by atoms with van der Waals surface area (Å²) >= 11 is 0. The van der Waals surface area contributed by atoms with Crippen molar-refractivity contribution in [2.75, 3.05) is 6.61 Å². The average molecular weight is 370 g/mol. The number of hydrogen-bond donors (Lipinski definition) is 0. The summed E-state index contributed by atoms with van der Waals surface area (Å²) in [6, 6.07) is 19.9. The molecule has 0 spiro atoms. The normalized spacial score (nSPS) is 10.4. The van der Waals surface area contributed by atoms with Crippen LogP contribution < -0.4 is 9.47 Å². The van der Waals surface area contributed by atoms with Crippen LogP contribution in [0, 0.1) is 11.3 Å². The molecule has 0 saturated heterocycles. The van der Waals surface area contributed by atoms with Crippen LogP contribution in [0.1, 0.15) is 21.5 Å². The van der Waals surface area contributed by atoms with Gasteiger partial charge in [-0.1, -0.05) is 24.3 Å². The zero-order chi connectivity index (χ0) is 19.6. The maximum atomic E-state index is 12.4. The Bertz CT molecular complexity index is 990. The van der Waals surface area contributed by atoms with Crippen LogP contribution in [-0.4, -0.2) is 17.4 Å². The minimum atomic E-state index is -0.131. The van der Waals surface area contributed by atoms with Crippen molar-refractivity contribution in [3.05, 3.63) is 95.8 Å². The van der Waals surface area contributed by atoms with Crippen LogP contribution in [-0.2, 0) is 6.61 Å². The Hall–Kier alpha value is -3.91. The van der Waals surface area contributed by atoms with Crippen molar-refractivity contribution in [2.24, 2.45) is 0 Å². The first-order valence-electron chi connectivity index (χ1n) is 8.69. The van der Waals surface area contributed by atoms with Gasteiger partial charge in [0.25, 0.3) is 0 Å². The molecule has 0 atom stereocenters. The van der Waals surface area contributed by atoms with E-state index in [-0.39, 0.29) is 12.4 Å². The van der Waals surface area contributed by atoms with Crippen LogP contribution in [0.4, 0.5) is 0 Å². The lowest BCUT2D eigenvalue weighted by molar-refractivity contribution is 0.104. The number of nitriles is 1. The number of aromatic nitrogens is 1. The summed E-state index contributed by atoms with van der Waals surface area (Å²) in [7, 11) is 0. The first kappa shape index (κ1) is 18.9. The van der Waals surface area contributed by atoms with Crippen molar-refractivity contribution in [3.63, 3.8) is 0 Å². The second-order valence-electron chi connectivity index (χ2n) is 5.86. The number of hydrogen-bond acceptors (Lipinski definition) is 5. The molecule has 138 valence electrons. The number of carbonyl (C=O) groups excluding carboxylic acids is 1. The fourth-order valence-electron chi connectivity index (χ4n) is 2.49. The predicted molar refractivity (Wildman–Crippen MR) is 106 cm³/mol. The van der Waals surface area contributed by atoms with E-state index < -0.39 is 0 Å². The van der Waals surface area contributed by atoms with E-state index in [1.54, 1.807) is 42.7 Å². The van der Waals surface area contributed by atoms with Gasteiger partial charge in [0, 0.05) is 29.1 Å². The Morgan fingerprint density at radius 2 is 1.86 bits per heavy atom. The monoisotopic (exact) mass is 370 g/mol. The van der Waals surface area contributed by atoms with Gasteiger partial charge in [0.15, 0.2) is 12.4 Å². The Labute approximate surface area is 163 Å². The van der Waals surface area contributed by atoms with E-state index in [2.05, 4.69) is 4.98 Å². The van der Waals surface area contributed by atoms with E-state index in [1.165, 1.54) is 6.08 Å². The van der Waals surface area contributed by atoms with Crippen molar-refractivity contribution in [1.82, 2.24) is 4.98 Å². The molecule has 0 amide bonds. The molecule has 2 aromatic carbocycles. The molecule has 0 saturated carbocycles. The number of benzene rings is 2.